The van der Waals surface area contributed by atoms with Crippen LogP contribution in [0.3, 0.4) is 0 Å². The molecule has 2 aliphatic rings. The van der Waals surface area contributed by atoms with Gasteiger partial charge in [-0.3, -0.25) is 0 Å². The second-order valence-corrected chi connectivity index (χ2v) is 2.85. The summed E-state index contributed by atoms with van der Waals surface area (Å²) in [5.41, 5.74) is 0. The van der Waals surface area contributed by atoms with Gasteiger partial charge in [-0.2, -0.15) is 0 Å². The molecular formula is C9H8O4. The first-order chi connectivity index (χ1) is 6.43. The molecule has 1 aromatic carbocycles. The van der Waals surface area contributed by atoms with Crippen LogP contribution in [0.25, 0.3) is 0 Å². The van der Waals surface area contributed by atoms with Crippen LogP contribution in [0.2, 0.25) is 0 Å². The molecule has 0 aliphatic carbocycles. The monoisotopic (exact) mass is 180 g/mol. The van der Waals surface area contributed by atoms with Crippen LogP contribution < -0.4 is 18.9 Å². The largest absolute Gasteiger partial charge is 0.486 e. The lowest BCUT2D eigenvalue weighted by Gasteiger charge is -2.18. The quantitative estimate of drug-likeness (QED) is 0.600. The lowest BCUT2D eigenvalue weighted by molar-refractivity contribution is 0.171. The summed E-state index contributed by atoms with van der Waals surface area (Å²) in [7, 11) is 0. The maximum atomic E-state index is 5.39. The first-order valence-corrected chi connectivity index (χ1v) is 4.13. The van der Waals surface area contributed by atoms with Crippen molar-refractivity contribution in [1.29, 1.82) is 0 Å². The number of ether oxygens (including phenoxy) is 4. The van der Waals surface area contributed by atoms with Crippen molar-refractivity contribution >= 4 is 0 Å². The molecule has 2 heterocycles. The molecule has 0 amide bonds. The van der Waals surface area contributed by atoms with E-state index in [2.05, 4.69) is 0 Å². The zero-order valence-corrected chi connectivity index (χ0v) is 6.91. The normalized spacial score (nSPS) is 17.2. The van der Waals surface area contributed by atoms with Gasteiger partial charge in [0.15, 0.2) is 23.0 Å². The first kappa shape index (κ1) is 6.88. The van der Waals surface area contributed by atoms with Crippen molar-refractivity contribution in [2.75, 3.05) is 20.0 Å². The molecule has 0 radical (unpaired) electrons. The van der Waals surface area contributed by atoms with Gasteiger partial charge in [-0.05, 0) is 0 Å². The van der Waals surface area contributed by atoms with Crippen molar-refractivity contribution in [3.05, 3.63) is 12.1 Å². The van der Waals surface area contributed by atoms with E-state index in [4.69, 9.17) is 18.9 Å². The molecule has 2 aliphatic heterocycles. The fraction of sp³-hybridized carbons (Fsp3) is 0.333. The molecule has 0 saturated heterocycles. The summed E-state index contributed by atoms with van der Waals surface area (Å²) in [5.74, 6) is 2.92. The fourth-order valence-corrected chi connectivity index (χ4v) is 1.43. The summed E-state index contributed by atoms with van der Waals surface area (Å²) in [5, 5.41) is 0. The maximum Gasteiger partial charge on any atom is 0.231 e. The minimum atomic E-state index is 0.276. The van der Waals surface area contributed by atoms with Gasteiger partial charge in [-0.25, -0.2) is 0 Å². The zero-order chi connectivity index (χ0) is 8.67. The Morgan fingerprint density at radius 2 is 1.15 bits per heavy atom. The van der Waals surface area contributed by atoms with E-state index in [1.54, 1.807) is 12.1 Å². The molecule has 0 fully saturated rings. The Morgan fingerprint density at radius 1 is 0.692 bits per heavy atom. The summed E-state index contributed by atoms with van der Waals surface area (Å²) in [6.45, 7) is 1.46. The SMILES string of the molecule is c1c2c(cc3c1OCO3)OCCO2. The Labute approximate surface area is 75.0 Å². The molecule has 13 heavy (non-hydrogen) atoms. The highest BCUT2D eigenvalue weighted by atomic mass is 16.7. The van der Waals surface area contributed by atoms with E-state index in [-0.39, 0.29) is 6.79 Å². The second-order valence-electron chi connectivity index (χ2n) is 2.85. The third-order valence-corrected chi connectivity index (χ3v) is 2.04. The van der Waals surface area contributed by atoms with Gasteiger partial charge < -0.3 is 18.9 Å². The summed E-state index contributed by atoms with van der Waals surface area (Å²) < 4.78 is 21.2. The van der Waals surface area contributed by atoms with E-state index in [1.165, 1.54) is 0 Å². The van der Waals surface area contributed by atoms with Crippen LogP contribution in [0.1, 0.15) is 0 Å². The van der Waals surface area contributed by atoms with E-state index >= 15 is 0 Å². The average molecular weight is 180 g/mol. The Kier molecular flexibility index (Phi) is 1.30. The smallest absolute Gasteiger partial charge is 0.231 e. The van der Waals surface area contributed by atoms with Gasteiger partial charge in [0.05, 0.1) is 0 Å². The molecule has 0 aromatic heterocycles. The highest BCUT2D eigenvalue weighted by Crippen LogP contribution is 2.42. The molecule has 0 saturated carbocycles. The van der Waals surface area contributed by atoms with Crippen molar-refractivity contribution in [1.82, 2.24) is 0 Å². The number of hydrogen-bond acceptors (Lipinski definition) is 4. The van der Waals surface area contributed by atoms with Gasteiger partial charge in [0.2, 0.25) is 6.79 Å². The number of hydrogen-bond donors (Lipinski definition) is 0. The third kappa shape index (κ3) is 0.983. The molecule has 1 aromatic rings. The minimum Gasteiger partial charge on any atom is -0.486 e. The van der Waals surface area contributed by atoms with Crippen LogP contribution in [0.15, 0.2) is 12.1 Å². The van der Waals surface area contributed by atoms with Crippen LogP contribution in [-0.2, 0) is 0 Å². The molecule has 68 valence electrons. The highest BCUT2D eigenvalue weighted by molar-refractivity contribution is 5.55. The van der Waals surface area contributed by atoms with E-state index < -0.39 is 0 Å². The van der Waals surface area contributed by atoms with Gasteiger partial charge in [0.1, 0.15) is 13.2 Å². The van der Waals surface area contributed by atoms with Gasteiger partial charge in [0, 0.05) is 12.1 Å². The van der Waals surface area contributed by atoms with E-state index in [0.29, 0.717) is 13.2 Å². The van der Waals surface area contributed by atoms with E-state index in [1.807, 2.05) is 0 Å². The Bertz CT molecular complexity index is 315. The van der Waals surface area contributed by atoms with Crippen molar-refractivity contribution in [3.63, 3.8) is 0 Å². The Morgan fingerprint density at radius 3 is 1.69 bits per heavy atom. The average Bonchev–Trinajstić information content (AvgIpc) is 2.61. The summed E-state index contributed by atoms with van der Waals surface area (Å²) >= 11 is 0. The standard InChI is InChI=1S/C9H8O4/c1-2-11-7-4-9-8(12-5-13-9)3-6(7)10-1/h3-4H,1-2,5H2. The summed E-state index contributed by atoms with van der Waals surface area (Å²) in [6.07, 6.45) is 0. The van der Waals surface area contributed by atoms with Crippen molar-refractivity contribution < 1.29 is 18.9 Å². The van der Waals surface area contributed by atoms with E-state index in [9.17, 15) is 0 Å². The van der Waals surface area contributed by atoms with Crippen LogP contribution in [0, 0.1) is 0 Å². The maximum absolute atomic E-state index is 5.39. The molecule has 4 heteroatoms. The Balaban J connectivity index is 2.11. The summed E-state index contributed by atoms with van der Waals surface area (Å²) in [6, 6.07) is 3.60. The molecule has 4 nitrogen and oxygen atoms in total. The fourth-order valence-electron chi connectivity index (χ4n) is 1.43. The van der Waals surface area contributed by atoms with Crippen molar-refractivity contribution in [3.8, 4) is 23.0 Å². The van der Waals surface area contributed by atoms with Crippen LogP contribution >= 0.6 is 0 Å². The van der Waals surface area contributed by atoms with Crippen LogP contribution in [0.5, 0.6) is 23.0 Å². The molecule has 0 atom stereocenters. The number of rotatable bonds is 0. The number of benzene rings is 1. The number of fused-ring (bicyclic) bond motifs is 2. The predicted molar refractivity (Wildman–Crippen MR) is 43.6 cm³/mol. The lowest BCUT2D eigenvalue weighted by Crippen LogP contribution is -2.15. The van der Waals surface area contributed by atoms with E-state index in [0.717, 1.165) is 23.0 Å². The molecule has 0 bridgehead atoms. The Hall–Kier alpha value is -1.58. The van der Waals surface area contributed by atoms with Gasteiger partial charge in [-0.15, -0.1) is 0 Å². The molecule has 0 unspecified atom stereocenters. The van der Waals surface area contributed by atoms with Gasteiger partial charge >= 0.3 is 0 Å². The predicted octanol–water partition coefficient (Wildman–Crippen LogP) is 1.19. The molecule has 3 rings (SSSR count). The molecule has 0 N–H and O–H groups in total. The summed E-state index contributed by atoms with van der Waals surface area (Å²) in [4.78, 5) is 0. The second kappa shape index (κ2) is 2.45. The zero-order valence-electron chi connectivity index (χ0n) is 6.91. The molecule has 0 spiro atoms. The third-order valence-electron chi connectivity index (χ3n) is 2.04. The van der Waals surface area contributed by atoms with Crippen molar-refractivity contribution in [2.24, 2.45) is 0 Å². The van der Waals surface area contributed by atoms with Crippen LogP contribution in [0.4, 0.5) is 0 Å². The van der Waals surface area contributed by atoms with Crippen molar-refractivity contribution in [2.45, 2.75) is 0 Å². The highest BCUT2D eigenvalue weighted by Gasteiger charge is 2.20. The topological polar surface area (TPSA) is 36.9 Å². The lowest BCUT2D eigenvalue weighted by atomic mass is 10.2. The minimum absolute atomic E-state index is 0.276. The van der Waals surface area contributed by atoms with Gasteiger partial charge in [0.25, 0.3) is 0 Å². The first-order valence-electron chi connectivity index (χ1n) is 4.13. The van der Waals surface area contributed by atoms with Crippen LogP contribution in [-0.4, -0.2) is 20.0 Å². The molecular weight excluding hydrogens is 172 g/mol. The van der Waals surface area contributed by atoms with Gasteiger partial charge in [-0.1, -0.05) is 0 Å².